The van der Waals surface area contributed by atoms with Gasteiger partial charge < -0.3 is 4.90 Å². The van der Waals surface area contributed by atoms with Gasteiger partial charge in [0.25, 0.3) is 5.91 Å². The van der Waals surface area contributed by atoms with Crippen molar-refractivity contribution in [3.63, 3.8) is 0 Å². The molecule has 3 rings (SSSR count). The first-order chi connectivity index (χ1) is 13.2. The quantitative estimate of drug-likeness (QED) is 0.622. The lowest BCUT2D eigenvalue weighted by molar-refractivity contribution is -0.138. The molecule has 0 saturated carbocycles. The van der Waals surface area contributed by atoms with Crippen LogP contribution in [0.1, 0.15) is 27.2 Å². The lowest BCUT2D eigenvalue weighted by Crippen LogP contribution is -2.27. The summed E-state index contributed by atoms with van der Waals surface area (Å²) in [5, 5.41) is 7.64. The van der Waals surface area contributed by atoms with Crippen molar-refractivity contribution in [2.24, 2.45) is 0 Å². The van der Waals surface area contributed by atoms with Crippen LogP contribution in [0.15, 0.2) is 54.7 Å². The number of hydrogen-bond acceptors (Lipinski definition) is 3. The summed E-state index contributed by atoms with van der Waals surface area (Å²) in [6.45, 7) is 0.0561. The van der Waals surface area contributed by atoms with Crippen molar-refractivity contribution < 1.29 is 22.4 Å². The lowest BCUT2D eigenvalue weighted by Gasteiger charge is -2.19. The molecule has 0 aliphatic heterocycles. The molecule has 0 spiro atoms. The van der Waals surface area contributed by atoms with E-state index < -0.39 is 17.6 Å². The average Bonchev–Trinajstić information content (AvgIpc) is 3.11. The molecule has 2 aromatic carbocycles. The van der Waals surface area contributed by atoms with Crippen LogP contribution in [-0.4, -0.2) is 32.8 Å². The van der Waals surface area contributed by atoms with Crippen LogP contribution in [0.2, 0.25) is 0 Å². The molecule has 0 N–H and O–H groups in total. The van der Waals surface area contributed by atoms with Crippen molar-refractivity contribution in [3.05, 3.63) is 82.9 Å². The van der Waals surface area contributed by atoms with Crippen LogP contribution >= 0.6 is 0 Å². The summed E-state index contributed by atoms with van der Waals surface area (Å²) < 4.78 is 53.7. The first kappa shape index (κ1) is 19.5. The van der Waals surface area contributed by atoms with Crippen LogP contribution < -0.4 is 0 Å². The summed E-state index contributed by atoms with van der Waals surface area (Å²) in [6.07, 6.45) is -3.10. The molecule has 0 saturated heterocycles. The van der Waals surface area contributed by atoms with Gasteiger partial charge in [0.1, 0.15) is 5.82 Å². The normalized spacial score (nSPS) is 11.5. The molecule has 0 bridgehead atoms. The fourth-order valence-electron chi connectivity index (χ4n) is 2.71. The number of alkyl halides is 3. The van der Waals surface area contributed by atoms with Gasteiger partial charge in [-0.1, -0.05) is 35.5 Å². The second-order valence-electron chi connectivity index (χ2n) is 6.24. The predicted molar refractivity (Wildman–Crippen MR) is 92.8 cm³/mol. The number of amides is 1. The van der Waals surface area contributed by atoms with Crippen molar-refractivity contribution >= 4 is 5.91 Å². The van der Waals surface area contributed by atoms with E-state index in [1.807, 2.05) is 0 Å². The van der Waals surface area contributed by atoms with E-state index in [4.69, 9.17) is 0 Å². The number of rotatable bonds is 5. The van der Waals surface area contributed by atoms with Crippen LogP contribution in [0.5, 0.6) is 0 Å². The summed E-state index contributed by atoms with van der Waals surface area (Å²) >= 11 is 0. The number of halogens is 4. The van der Waals surface area contributed by atoms with Crippen molar-refractivity contribution in [2.75, 3.05) is 7.05 Å². The maximum absolute atomic E-state index is 13.1. The molecule has 146 valence electrons. The fourth-order valence-corrected chi connectivity index (χ4v) is 2.71. The van der Waals surface area contributed by atoms with Crippen LogP contribution in [0, 0.1) is 5.82 Å². The Balaban J connectivity index is 1.71. The maximum Gasteiger partial charge on any atom is 0.416 e. The van der Waals surface area contributed by atoms with Gasteiger partial charge in [0.2, 0.25) is 0 Å². The molecule has 28 heavy (non-hydrogen) atoms. The monoisotopic (exact) mass is 392 g/mol. The highest BCUT2D eigenvalue weighted by Gasteiger charge is 2.33. The van der Waals surface area contributed by atoms with E-state index in [1.54, 1.807) is 12.1 Å². The van der Waals surface area contributed by atoms with Crippen molar-refractivity contribution in [3.8, 4) is 0 Å². The van der Waals surface area contributed by atoms with Crippen LogP contribution in [0.25, 0.3) is 0 Å². The number of aromatic nitrogens is 3. The molecule has 1 amide bonds. The van der Waals surface area contributed by atoms with E-state index >= 15 is 0 Å². The Morgan fingerprint density at radius 2 is 1.79 bits per heavy atom. The fraction of sp³-hybridized carbons (Fsp3) is 0.211. The minimum atomic E-state index is -4.50. The van der Waals surface area contributed by atoms with E-state index in [2.05, 4.69) is 10.3 Å². The van der Waals surface area contributed by atoms with Crippen molar-refractivity contribution in [2.45, 2.75) is 19.3 Å². The van der Waals surface area contributed by atoms with Gasteiger partial charge in [-0.05, 0) is 29.3 Å². The van der Waals surface area contributed by atoms with Crippen LogP contribution in [-0.2, 0) is 19.3 Å². The molecule has 0 atom stereocenters. The van der Waals surface area contributed by atoms with Gasteiger partial charge in [-0.15, -0.1) is 5.10 Å². The molecule has 5 nitrogen and oxygen atoms in total. The Bertz CT molecular complexity index is 967. The highest BCUT2D eigenvalue weighted by Crippen LogP contribution is 2.32. The van der Waals surface area contributed by atoms with Crippen LogP contribution in [0.4, 0.5) is 17.6 Å². The number of carbonyl (C=O) groups excluding carboxylic acids is 1. The van der Waals surface area contributed by atoms with Gasteiger partial charge in [-0.3, -0.25) is 4.79 Å². The van der Waals surface area contributed by atoms with Crippen molar-refractivity contribution in [1.29, 1.82) is 0 Å². The van der Waals surface area contributed by atoms with Gasteiger partial charge in [-0.25, -0.2) is 9.07 Å². The second kappa shape index (κ2) is 7.79. The van der Waals surface area contributed by atoms with Gasteiger partial charge in [0.05, 0.1) is 18.3 Å². The number of benzene rings is 2. The van der Waals surface area contributed by atoms with Gasteiger partial charge in [0, 0.05) is 13.6 Å². The second-order valence-corrected chi connectivity index (χ2v) is 6.24. The van der Waals surface area contributed by atoms with E-state index in [0.29, 0.717) is 0 Å². The molecule has 0 aliphatic carbocycles. The maximum atomic E-state index is 13.1. The lowest BCUT2D eigenvalue weighted by atomic mass is 10.1. The first-order valence-electron chi connectivity index (χ1n) is 8.29. The van der Waals surface area contributed by atoms with E-state index in [0.717, 1.165) is 16.5 Å². The van der Waals surface area contributed by atoms with Gasteiger partial charge in [-0.2, -0.15) is 13.2 Å². The smallest absolute Gasteiger partial charge is 0.336 e. The molecule has 0 radical (unpaired) electrons. The van der Waals surface area contributed by atoms with Gasteiger partial charge in [0.15, 0.2) is 5.69 Å². The highest BCUT2D eigenvalue weighted by molar-refractivity contribution is 5.91. The molecule has 1 heterocycles. The molecule has 1 aromatic heterocycles. The van der Waals surface area contributed by atoms with Crippen LogP contribution in [0.3, 0.4) is 0 Å². The summed E-state index contributed by atoms with van der Waals surface area (Å²) in [6, 6.07) is 10.9. The molecule has 0 fully saturated rings. The molecular formula is C19H16F4N4O. The zero-order valence-corrected chi connectivity index (χ0v) is 14.8. The average molecular weight is 392 g/mol. The molecule has 9 heteroatoms. The molecule has 0 aliphatic rings. The third-order valence-electron chi connectivity index (χ3n) is 4.09. The Hall–Kier alpha value is -3.23. The zero-order valence-electron chi connectivity index (χ0n) is 14.8. The summed E-state index contributed by atoms with van der Waals surface area (Å²) in [7, 11) is 1.40. The standard InChI is InChI=1S/C19H16F4N4O/c1-26(11-14-4-2-3-5-16(14)19(21,22)23)18(28)17-12-27(25-24-17)10-13-6-8-15(20)9-7-13/h2-9,12H,10-11H2,1H3. The predicted octanol–water partition coefficient (Wildman–Crippen LogP) is 3.76. The van der Waals surface area contributed by atoms with E-state index in [-0.39, 0.29) is 30.2 Å². The minimum absolute atomic E-state index is 0.00843. The summed E-state index contributed by atoms with van der Waals surface area (Å²) in [5.74, 6) is -0.915. The third kappa shape index (κ3) is 4.54. The largest absolute Gasteiger partial charge is 0.416 e. The Kier molecular flexibility index (Phi) is 5.43. The zero-order chi connectivity index (χ0) is 20.3. The molecule has 0 unspecified atom stereocenters. The molecular weight excluding hydrogens is 376 g/mol. The first-order valence-corrected chi connectivity index (χ1v) is 8.29. The number of nitrogens with zero attached hydrogens (tertiary/aromatic N) is 4. The third-order valence-corrected chi connectivity index (χ3v) is 4.09. The Morgan fingerprint density at radius 1 is 1.11 bits per heavy atom. The topological polar surface area (TPSA) is 51.0 Å². The van der Waals surface area contributed by atoms with Gasteiger partial charge >= 0.3 is 6.18 Å². The van der Waals surface area contributed by atoms with E-state index in [1.165, 1.54) is 48.3 Å². The Labute approximate surface area is 158 Å². The summed E-state index contributed by atoms with van der Waals surface area (Å²) in [5.41, 5.74) is -0.0222. The minimum Gasteiger partial charge on any atom is -0.336 e. The number of hydrogen-bond donors (Lipinski definition) is 0. The summed E-state index contributed by atoms with van der Waals surface area (Å²) in [4.78, 5) is 13.6. The Morgan fingerprint density at radius 3 is 2.46 bits per heavy atom. The molecule has 3 aromatic rings. The number of carbonyl (C=O) groups is 1. The highest BCUT2D eigenvalue weighted by atomic mass is 19.4. The van der Waals surface area contributed by atoms with Crippen molar-refractivity contribution in [1.82, 2.24) is 19.9 Å². The SMILES string of the molecule is CN(Cc1ccccc1C(F)(F)F)C(=O)c1cn(Cc2ccc(F)cc2)nn1. The van der Waals surface area contributed by atoms with E-state index in [9.17, 15) is 22.4 Å².